The Bertz CT molecular complexity index is 1280. The number of benzene rings is 2. The molecule has 0 unspecified atom stereocenters. The molecule has 0 aliphatic rings. The summed E-state index contributed by atoms with van der Waals surface area (Å²) in [5, 5.41) is 11.3. The third-order valence-corrected chi connectivity index (χ3v) is 7.50. The first-order valence-electron chi connectivity index (χ1n) is 10.3. The van der Waals surface area contributed by atoms with E-state index in [0.717, 1.165) is 40.7 Å². The number of halogens is 3. The van der Waals surface area contributed by atoms with Crippen molar-refractivity contribution < 1.29 is 26.4 Å². The highest BCUT2D eigenvalue weighted by Gasteiger charge is 2.34. The van der Waals surface area contributed by atoms with Gasteiger partial charge in [0, 0.05) is 5.56 Å². The minimum absolute atomic E-state index is 0.174. The molecule has 0 fully saturated rings. The molecule has 0 bridgehead atoms. The number of alkyl halides is 3. The van der Waals surface area contributed by atoms with Crippen LogP contribution in [0.25, 0.3) is 10.6 Å². The van der Waals surface area contributed by atoms with Crippen LogP contribution in [-0.4, -0.2) is 30.6 Å². The molecule has 0 aliphatic carbocycles. The summed E-state index contributed by atoms with van der Waals surface area (Å²) < 4.78 is 67.0. The molecule has 34 heavy (non-hydrogen) atoms. The van der Waals surface area contributed by atoms with Crippen LogP contribution in [0, 0.1) is 12.8 Å². The molecule has 2 aromatic carbocycles. The van der Waals surface area contributed by atoms with E-state index in [-0.39, 0.29) is 5.13 Å². The van der Waals surface area contributed by atoms with Crippen molar-refractivity contribution in [1.29, 1.82) is 0 Å². The van der Waals surface area contributed by atoms with E-state index in [1.165, 1.54) is 0 Å². The number of sulfonamides is 1. The maximum Gasteiger partial charge on any atom is 0.416 e. The van der Waals surface area contributed by atoms with E-state index in [2.05, 4.69) is 20.2 Å². The van der Waals surface area contributed by atoms with Gasteiger partial charge in [0.25, 0.3) is 0 Å². The van der Waals surface area contributed by atoms with Crippen LogP contribution in [0.15, 0.2) is 53.4 Å². The van der Waals surface area contributed by atoms with Gasteiger partial charge < -0.3 is 0 Å². The number of aryl methyl sites for hydroxylation is 1. The summed E-state index contributed by atoms with van der Waals surface area (Å²) in [7, 11) is -4.42. The molecule has 0 radical (unpaired) electrons. The minimum Gasteiger partial charge on any atom is -0.299 e. The first-order valence-corrected chi connectivity index (χ1v) is 12.6. The SMILES string of the molecule is CC[C@@H](C)[C@H](NS(=O)(=O)c1cccc(C(F)(F)F)c1)C(=O)Nc1nnc(-c2cccc(C)c2)s1. The zero-order chi connectivity index (χ0) is 25.1. The lowest BCUT2D eigenvalue weighted by Crippen LogP contribution is -2.47. The highest BCUT2D eigenvalue weighted by atomic mass is 32.2. The van der Waals surface area contributed by atoms with E-state index in [4.69, 9.17) is 0 Å². The van der Waals surface area contributed by atoms with Crippen LogP contribution in [0.2, 0.25) is 0 Å². The maximum atomic E-state index is 13.0. The van der Waals surface area contributed by atoms with Gasteiger partial charge in [-0.15, -0.1) is 10.2 Å². The Morgan fingerprint density at radius 2 is 1.82 bits per heavy atom. The molecule has 7 nitrogen and oxygen atoms in total. The third kappa shape index (κ3) is 6.19. The summed E-state index contributed by atoms with van der Waals surface area (Å²) in [5.41, 5.74) is 0.748. The molecule has 0 saturated heterocycles. The molecule has 3 rings (SSSR count). The highest BCUT2D eigenvalue weighted by Crippen LogP contribution is 2.31. The number of rotatable bonds is 8. The first kappa shape index (κ1) is 25.8. The maximum absolute atomic E-state index is 13.0. The van der Waals surface area contributed by atoms with E-state index in [1.54, 1.807) is 13.8 Å². The summed E-state index contributed by atoms with van der Waals surface area (Å²) >= 11 is 1.12. The van der Waals surface area contributed by atoms with Crippen LogP contribution in [0.5, 0.6) is 0 Å². The monoisotopic (exact) mass is 512 g/mol. The summed E-state index contributed by atoms with van der Waals surface area (Å²) in [5.74, 6) is -1.14. The molecule has 0 saturated carbocycles. The number of nitrogens with one attached hydrogen (secondary N) is 2. The van der Waals surface area contributed by atoms with Gasteiger partial charge in [0.15, 0.2) is 0 Å². The highest BCUT2D eigenvalue weighted by molar-refractivity contribution is 7.89. The number of amides is 1. The average Bonchev–Trinajstić information content (AvgIpc) is 3.25. The molecule has 1 aromatic heterocycles. The van der Waals surface area contributed by atoms with Crippen LogP contribution in [0.3, 0.4) is 0 Å². The number of nitrogens with zero attached hydrogens (tertiary/aromatic N) is 2. The number of hydrogen-bond donors (Lipinski definition) is 2. The Morgan fingerprint density at radius 1 is 1.12 bits per heavy atom. The lowest BCUT2D eigenvalue weighted by Gasteiger charge is -2.23. The van der Waals surface area contributed by atoms with Crippen LogP contribution >= 0.6 is 11.3 Å². The van der Waals surface area contributed by atoms with Crippen molar-refractivity contribution >= 4 is 32.4 Å². The molecule has 0 aliphatic heterocycles. The Labute approximate surface area is 199 Å². The van der Waals surface area contributed by atoms with Gasteiger partial charge in [-0.2, -0.15) is 17.9 Å². The summed E-state index contributed by atoms with van der Waals surface area (Å²) in [4.78, 5) is 12.4. The van der Waals surface area contributed by atoms with Crippen LogP contribution in [0.1, 0.15) is 31.4 Å². The van der Waals surface area contributed by atoms with Gasteiger partial charge in [0.2, 0.25) is 21.1 Å². The lowest BCUT2D eigenvalue weighted by molar-refractivity contribution is -0.137. The molecule has 182 valence electrons. The summed E-state index contributed by atoms with van der Waals surface area (Å²) in [6.07, 6.45) is -4.26. The van der Waals surface area contributed by atoms with E-state index in [0.29, 0.717) is 17.5 Å². The smallest absolute Gasteiger partial charge is 0.299 e. The fraction of sp³-hybridized carbons (Fsp3) is 0.318. The fourth-order valence-electron chi connectivity index (χ4n) is 3.09. The fourth-order valence-corrected chi connectivity index (χ4v) is 5.18. The number of hydrogen-bond acceptors (Lipinski definition) is 6. The van der Waals surface area contributed by atoms with Crippen molar-refractivity contribution in [3.8, 4) is 10.6 Å². The molecule has 1 heterocycles. The van der Waals surface area contributed by atoms with Gasteiger partial charge in [-0.05, 0) is 37.1 Å². The van der Waals surface area contributed by atoms with Crippen molar-refractivity contribution in [3.63, 3.8) is 0 Å². The van der Waals surface area contributed by atoms with Crippen molar-refractivity contribution in [2.45, 2.75) is 44.3 Å². The molecule has 0 spiro atoms. The first-order chi connectivity index (χ1) is 15.9. The zero-order valence-corrected chi connectivity index (χ0v) is 20.2. The second-order valence-electron chi connectivity index (χ2n) is 7.78. The van der Waals surface area contributed by atoms with E-state index in [1.807, 2.05) is 31.2 Å². The van der Waals surface area contributed by atoms with E-state index in [9.17, 15) is 26.4 Å². The van der Waals surface area contributed by atoms with Crippen molar-refractivity contribution in [2.24, 2.45) is 5.92 Å². The molecule has 12 heteroatoms. The van der Waals surface area contributed by atoms with Crippen molar-refractivity contribution in [2.75, 3.05) is 5.32 Å². The van der Waals surface area contributed by atoms with E-state index >= 15 is 0 Å². The molecular weight excluding hydrogens is 489 g/mol. The predicted molar refractivity (Wildman–Crippen MR) is 124 cm³/mol. The van der Waals surface area contributed by atoms with Gasteiger partial charge in [-0.1, -0.05) is 61.4 Å². The quantitative estimate of drug-likeness (QED) is 0.449. The molecule has 1 amide bonds. The van der Waals surface area contributed by atoms with Crippen molar-refractivity contribution in [1.82, 2.24) is 14.9 Å². The Hall–Kier alpha value is -2.83. The second kappa shape index (κ2) is 10.2. The summed E-state index contributed by atoms with van der Waals surface area (Å²) in [6, 6.07) is 9.68. The average molecular weight is 513 g/mol. The Morgan fingerprint density at radius 3 is 2.47 bits per heavy atom. The minimum atomic E-state index is -4.70. The molecule has 2 N–H and O–H groups in total. The largest absolute Gasteiger partial charge is 0.416 e. The van der Waals surface area contributed by atoms with Crippen LogP contribution < -0.4 is 10.0 Å². The molecule has 3 aromatic rings. The second-order valence-corrected chi connectivity index (χ2v) is 10.5. The molecule has 2 atom stereocenters. The topological polar surface area (TPSA) is 101 Å². The molecular formula is C22H23F3N4O3S2. The van der Waals surface area contributed by atoms with Gasteiger partial charge >= 0.3 is 6.18 Å². The number of carbonyl (C=O) groups is 1. The van der Waals surface area contributed by atoms with E-state index < -0.39 is 44.5 Å². The lowest BCUT2D eigenvalue weighted by atomic mass is 9.99. The van der Waals surface area contributed by atoms with Gasteiger partial charge in [-0.3, -0.25) is 10.1 Å². The summed E-state index contributed by atoms with van der Waals surface area (Å²) in [6.45, 7) is 5.36. The van der Waals surface area contributed by atoms with Gasteiger partial charge in [-0.25, -0.2) is 8.42 Å². The third-order valence-electron chi connectivity index (χ3n) is 5.17. The van der Waals surface area contributed by atoms with Gasteiger partial charge in [0.05, 0.1) is 10.5 Å². The normalized spacial score (nSPS) is 13.9. The Kier molecular flexibility index (Phi) is 7.74. The number of anilines is 1. The van der Waals surface area contributed by atoms with Gasteiger partial charge in [0.1, 0.15) is 11.0 Å². The number of aromatic nitrogens is 2. The standard InChI is InChI=1S/C22H23F3N4O3S2/c1-4-14(3)18(29-34(31,32)17-10-6-9-16(12-17)22(23,24)25)19(30)26-21-28-27-20(33-21)15-8-5-7-13(2)11-15/h5-12,14,18,29H,4H2,1-3H3,(H,26,28,30)/t14-,18+/m1/s1. The number of carbonyl (C=O) groups excluding carboxylic acids is 1. The Balaban J connectivity index is 1.82. The van der Waals surface area contributed by atoms with Crippen LogP contribution in [-0.2, 0) is 21.0 Å². The van der Waals surface area contributed by atoms with Crippen molar-refractivity contribution in [3.05, 3.63) is 59.7 Å². The predicted octanol–water partition coefficient (Wildman–Crippen LogP) is 4.86. The zero-order valence-electron chi connectivity index (χ0n) is 18.6. The van der Waals surface area contributed by atoms with Crippen LogP contribution in [0.4, 0.5) is 18.3 Å².